The van der Waals surface area contributed by atoms with Crippen molar-refractivity contribution in [1.29, 1.82) is 0 Å². The highest BCUT2D eigenvalue weighted by atomic mass is 35.5. The molecule has 3 N–H and O–H groups in total. The average molecular weight is 294 g/mol. The van der Waals surface area contributed by atoms with Gasteiger partial charge in [0.2, 0.25) is 0 Å². The molecule has 0 saturated heterocycles. The number of nitrogens with two attached hydrogens (primary N) is 1. The van der Waals surface area contributed by atoms with E-state index in [0.29, 0.717) is 12.0 Å². The second kappa shape index (κ2) is 6.35. The van der Waals surface area contributed by atoms with E-state index in [1.165, 1.54) is 0 Å². The zero-order valence-corrected chi connectivity index (χ0v) is 11.9. The Labute approximate surface area is 123 Å². The molecule has 20 heavy (non-hydrogen) atoms. The third-order valence-corrected chi connectivity index (χ3v) is 3.68. The normalized spacial score (nSPS) is 14.1. The Morgan fingerprint density at radius 1 is 1.20 bits per heavy atom. The van der Waals surface area contributed by atoms with Gasteiger partial charge in [-0.05, 0) is 24.1 Å². The van der Waals surface area contributed by atoms with Crippen LogP contribution in [-0.4, -0.2) is 11.2 Å². The van der Waals surface area contributed by atoms with Crippen LogP contribution in [0.5, 0.6) is 0 Å². The number of aryl methyl sites for hydroxylation is 1. The standard InChI is InChI=1S/C16H17ClFNO/c1-10-7-8-12(17)14(15(10)18)16(19)13(20)9-11-5-3-2-4-6-11/h2-8,13,16,20H,9,19H2,1H3/t13-,16-/m0/s1. The van der Waals surface area contributed by atoms with Crippen LogP contribution in [0.4, 0.5) is 4.39 Å². The van der Waals surface area contributed by atoms with Crippen LogP contribution in [0.1, 0.15) is 22.7 Å². The summed E-state index contributed by atoms with van der Waals surface area (Å²) in [6.45, 7) is 1.64. The second-order valence-corrected chi connectivity index (χ2v) is 5.28. The Morgan fingerprint density at radius 3 is 2.50 bits per heavy atom. The lowest BCUT2D eigenvalue weighted by Crippen LogP contribution is -2.29. The van der Waals surface area contributed by atoms with Gasteiger partial charge in [0.05, 0.1) is 12.1 Å². The van der Waals surface area contributed by atoms with Gasteiger partial charge in [0.1, 0.15) is 5.82 Å². The second-order valence-electron chi connectivity index (χ2n) is 4.87. The van der Waals surface area contributed by atoms with Crippen molar-refractivity contribution < 1.29 is 9.50 Å². The summed E-state index contributed by atoms with van der Waals surface area (Å²) in [7, 11) is 0. The summed E-state index contributed by atoms with van der Waals surface area (Å²) >= 11 is 6.01. The first-order chi connectivity index (χ1) is 9.50. The van der Waals surface area contributed by atoms with Gasteiger partial charge in [-0.2, -0.15) is 0 Å². The highest BCUT2D eigenvalue weighted by Crippen LogP contribution is 2.29. The number of aliphatic hydroxyl groups is 1. The van der Waals surface area contributed by atoms with Crippen LogP contribution in [-0.2, 0) is 6.42 Å². The maximum atomic E-state index is 14.1. The summed E-state index contributed by atoms with van der Waals surface area (Å²) in [6, 6.07) is 11.8. The molecule has 0 saturated carbocycles. The minimum atomic E-state index is -0.897. The number of benzene rings is 2. The molecular weight excluding hydrogens is 277 g/mol. The lowest BCUT2D eigenvalue weighted by atomic mass is 9.95. The first-order valence-electron chi connectivity index (χ1n) is 6.42. The molecule has 0 spiro atoms. The van der Waals surface area contributed by atoms with E-state index in [4.69, 9.17) is 17.3 Å². The lowest BCUT2D eigenvalue weighted by Gasteiger charge is -2.21. The fourth-order valence-electron chi connectivity index (χ4n) is 2.16. The van der Waals surface area contributed by atoms with Gasteiger partial charge in [0, 0.05) is 17.0 Å². The summed E-state index contributed by atoms with van der Waals surface area (Å²) in [5, 5.41) is 10.5. The third-order valence-electron chi connectivity index (χ3n) is 3.36. The number of hydrogen-bond acceptors (Lipinski definition) is 2. The molecule has 0 bridgehead atoms. The molecule has 2 aromatic carbocycles. The SMILES string of the molecule is Cc1ccc(Cl)c([C@@H](N)[C@@H](O)Cc2ccccc2)c1F. The van der Waals surface area contributed by atoms with Gasteiger partial charge in [0.25, 0.3) is 0 Å². The van der Waals surface area contributed by atoms with E-state index in [1.54, 1.807) is 19.1 Å². The van der Waals surface area contributed by atoms with E-state index in [2.05, 4.69) is 0 Å². The summed E-state index contributed by atoms with van der Waals surface area (Å²) < 4.78 is 14.1. The van der Waals surface area contributed by atoms with Crippen LogP contribution in [0.15, 0.2) is 42.5 Å². The monoisotopic (exact) mass is 293 g/mol. The molecule has 4 heteroatoms. The first-order valence-corrected chi connectivity index (χ1v) is 6.80. The van der Waals surface area contributed by atoms with E-state index in [9.17, 15) is 9.50 Å². The molecule has 2 nitrogen and oxygen atoms in total. The van der Waals surface area contributed by atoms with Crippen LogP contribution in [0.3, 0.4) is 0 Å². The van der Waals surface area contributed by atoms with Crippen molar-refractivity contribution in [3.8, 4) is 0 Å². The Bertz CT molecular complexity index is 589. The maximum absolute atomic E-state index is 14.1. The third kappa shape index (κ3) is 3.18. The van der Waals surface area contributed by atoms with Gasteiger partial charge in [0.15, 0.2) is 0 Å². The van der Waals surface area contributed by atoms with Crippen molar-refractivity contribution in [1.82, 2.24) is 0 Å². The minimum Gasteiger partial charge on any atom is -0.391 e. The van der Waals surface area contributed by atoms with Gasteiger partial charge in [-0.15, -0.1) is 0 Å². The molecule has 106 valence electrons. The molecule has 0 aliphatic rings. The summed E-state index contributed by atoms with van der Waals surface area (Å²) in [5.41, 5.74) is 7.57. The maximum Gasteiger partial charge on any atom is 0.132 e. The van der Waals surface area contributed by atoms with Crippen LogP contribution >= 0.6 is 11.6 Å². The fourth-order valence-corrected chi connectivity index (χ4v) is 2.43. The van der Waals surface area contributed by atoms with Gasteiger partial charge in [-0.25, -0.2) is 4.39 Å². The predicted octanol–water partition coefficient (Wildman–Crippen LogP) is 3.39. The smallest absolute Gasteiger partial charge is 0.132 e. The van der Waals surface area contributed by atoms with Crippen molar-refractivity contribution in [3.05, 3.63) is 70.0 Å². The van der Waals surface area contributed by atoms with Gasteiger partial charge < -0.3 is 10.8 Å². The zero-order chi connectivity index (χ0) is 14.7. The van der Waals surface area contributed by atoms with Crippen molar-refractivity contribution in [2.45, 2.75) is 25.5 Å². The predicted molar refractivity (Wildman–Crippen MR) is 79.2 cm³/mol. The minimum absolute atomic E-state index is 0.176. The van der Waals surface area contributed by atoms with E-state index in [1.807, 2.05) is 30.3 Å². The Morgan fingerprint density at radius 2 is 1.85 bits per heavy atom. The molecule has 2 aromatic rings. The van der Waals surface area contributed by atoms with E-state index >= 15 is 0 Å². The first kappa shape index (κ1) is 15.0. The topological polar surface area (TPSA) is 46.2 Å². The highest BCUT2D eigenvalue weighted by molar-refractivity contribution is 6.31. The Balaban J connectivity index is 2.23. The van der Waals surface area contributed by atoms with Gasteiger partial charge in [-0.1, -0.05) is 48.0 Å². The fraction of sp³-hybridized carbons (Fsp3) is 0.250. The number of aliphatic hydroxyl groups excluding tert-OH is 1. The van der Waals surface area contributed by atoms with E-state index in [-0.39, 0.29) is 10.6 Å². The molecule has 0 aliphatic carbocycles. The Kier molecular flexibility index (Phi) is 4.76. The highest BCUT2D eigenvalue weighted by Gasteiger charge is 2.24. The van der Waals surface area contributed by atoms with Crippen LogP contribution in [0, 0.1) is 12.7 Å². The molecule has 2 atom stereocenters. The van der Waals surface area contributed by atoms with Crippen molar-refractivity contribution in [2.24, 2.45) is 5.73 Å². The van der Waals surface area contributed by atoms with Gasteiger partial charge >= 0.3 is 0 Å². The van der Waals surface area contributed by atoms with Crippen molar-refractivity contribution >= 4 is 11.6 Å². The quantitative estimate of drug-likeness (QED) is 0.907. The number of hydrogen-bond donors (Lipinski definition) is 2. The number of halogens is 2. The molecular formula is C16H17ClFNO. The molecule has 0 aromatic heterocycles. The van der Waals surface area contributed by atoms with Crippen LogP contribution in [0.2, 0.25) is 5.02 Å². The summed E-state index contributed by atoms with van der Waals surface area (Å²) in [5.74, 6) is -0.447. The average Bonchev–Trinajstić information content (AvgIpc) is 2.44. The molecule has 0 amide bonds. The van der Waals surface area contributed by atoms with E-state index < -0.39 is 18.0 Å². The molecule has 0 radical (unpaired) electrons. The van der Waals surface area contributed by atoms with Crippen LogP contribution < -0.4 is 5.73 Å². The lowest BCUT2D eigenvalue weighted by molar-refractivity contribution is 0.143. The molecule has 0 fully saturated rings. The van der Waals surface area contributed by atoms with Crippen molar-refractivity contribution in [3.63, 3.8) is 0 Å². The largest absolute Gasteiger partial charge is 0.391 e. The van der Waals surface area contributed by atoms with Gasteiger partial charge in [-0.3, -0.25) is 0 Å². The molecule has 2 rings (SSSR count). The zero-order valence-electron chi connectivity index (χ0n) is 11.2. The molecule has 0 aliphatic heterocycles. The molecule has 0 unspecified atom stereocenters. The van der Waals surface area contributed by atoms with E-state index in [0.717, 1.165) is 5.56 Å². The van der Waals surface area contributed by atoms with Crippen molar-refractivity contribution in [2.75, 3.05) is 0 Å². The summed E-state index contributed by atoms with van der Waals surface area (Å²) in [6.07, 6.45) is -0.544. The van der Waals surface area contributed by atoms with Crippen LogP contribution in [0.25, 0.3) is 0 Å². The summed E-state index contributed by atoms with van der Waals surface area (Å²) in [4.78, 5) is 0. The Hall–Kier alpha value is -1.42. The molecule has 0 heterocycles. The number of rotatable bonds is 4.